The minimum Gasteiger partial charge on any atom is -0.550 e. The fourth-order valence-corrected chi connectivity index (χ4v) is 3.02. The molecule has 0 aromatic heterocycles. The van der Waals surface area contributed by atoms with E-state index in [1.54, 1.807) is 6.08 Å². The van der Waals surface area contributed by atoms with Crippen LogP contribution in [0.2, 0.25) is 0 Å². The number of hydrogen-bond donors (Lipinski definition) is 0. The maximum absolute atomic E-state index is 12.1. The monoisotopic (exact) mass is 306 g/mol. The second-order valence-electron chi connectivity index (χ2n) is 4.37. The molecule has 0 radical (unpaired) electrons. The Hall–Kier alpha value is -1.66. The van der Waals surface area contributed by atoms with E-state index in [9.17, 15) is 14.7 Å². The lowest BCUT2D eigenvalue weighted by atomic mass is 10.1. The van der Waals surface area contributed by atoms with E-state index >= 15 is 0 Å². The molecule has 0 saturated carbocycles. The molecule has 0 unspecified atom stereocenters. The zero-order chi connectivity index (χ0) is 14.7. The average molecular weight is 306 g/mol. The van der Waals surface area contributed by atoms with E-state index in [4.69, 9.17) is 12.2 Å². The van der Waals surface area contributed by atoms with Crippen LogP contribution >= 0.6 is 24.0 Å². The highest BCUT2D eigenvalue weighted by atomic mass is 32.2. The summed E-state index contributed by atoms with van der Waals surface area (Å²) in [4.78, 5) is 24.4. The lowest BCUT2D eigenvalue weighted by Gasteiger charge is -2.14. The molecule has 1 saturated heterocycles. The largest absolute Gasteiger partial charge is 0.550 e. The molecular formula is C14H12NO3S2-. The minimum absolute atomic E-state index is 0.0538. The molecule has 0 spiro atoms. The molecular weight excluding hydrogens is 294 g/mol. The molecule has 4 nitrogen and oxygen atoms in total. The number of hydrogen-bond acceptors (Lipinski definition) is 5. The standard InChI is InChI=1S/C14H13NO3S2/c1-9-2-4-10(5-3-9)8-11-13(18)15(14(19)20-11)7-6-12(16)17/h2-5,8H,6-7H2,1H3,(H,16,17)/p-1/b11-8+. The highest BCUT2D eigenvalue weighted by molar-refractivity contribution is 8.26. The highest BCUT2D eigenvalue weighted by Gasteiger charge is 2.31. The third kappa shape index (κ3) is 3.46. The number of amides is 1. The van der Waals surface area contributed by atoms with Gasteiger partial charge < -0.3 is 9.90 Å². The molecule has 1 amide bonds. The smallest absolute Gasteiger partial charge is 0.266 e. The molecule has 1 aliphatic heterocycles. The van der Waals surface area contributed by atoms with Crippen molar-refractivity contribution in [2.75, 3.05) is 6.54 Å². The Labute approximate surface area is 126 Å². The fourth-order valence-electron chi connectivity index (χ4n) is 1.71. The van der Waals surface area contributed by atoms with Crippen molar-refractivity contribution in [3.05, 3.63) is 40.3 Å². The summed E-state index contributed by atoms with van der Waals surface area (Å²) >= 11 is 6.29. The second kappa shape index (κ2) is 6.19. The van der Waals surface area contributed by atoms with E-state index in [1.807, 2.05) is 31.2 Å². The van der Waals surface area contributed by atoms with Crippen LogP contribution in [0.5, 0.6) is 0 Å². The summed E-state index contributed by atoms with van der Waals surface area (Å²) in [6, 6.07) is 7.76. The van der Waals surface area contributed by atoms with E-state index in [0.29, 0.717) is 9.23 Å². The van der Waals surface area contributed by atoms with Gasteiger partial charge in [-0.2, -0.15) is 0 Å². The quantitative estimate of drug-likeness (QED) is 0.620. The minimum atomic E-state index is -1.19. The number of rotatable bonds is 4. The summed E-state index contributed by atoms with van der Waals surface area (Å²) in [7, 11) is 0. The van der Waals surface area contributed by atoms with Gasteiger partial charge in [-0.1, -0.05) is 53.8 Å². The summed E-state index contributed by atoms with van der Waals surface area (Å²) in [5.74, 6) is -1.44. The number of carbonyl (C=O) groups is 2. The van der Waals surface area contributed by atoms with Gasteiger partial charge in [0.2, 0.25) is 0 Å². The summed E-state index contributed by atoms with van der Waals surface area (Å²) in [5, 5.41) is 10.5. The topological polar surface area (TPSA) is 60.4 Å². The van der Waals surface area contributed by atoms with Gasteiger partial charge in [0.05, 0.1) is 4.91 Å². The van der Waals surface area contributed by atoms with Crippen molar-refractivity contribution in [3.63, 3.8) is 0 Å². The zero-order valence-electron chi connectivity index (χ0n) is 10.8. The van der Waals surface area contributed by atoms with Gasteiger partial charge in [0.15, 0.2) is 0 Å². The van der Waals surface area contributed by atoms with Crippen LogP contribution in [0.3, 0.4) is 0 Å². The molecule has 1 aromatic carbocycles. The molecule has 2 rings (SSSR count). The Morgan fingerprint density at radius 1 is 1.40 bits per heavy atom. The number of aliphatic carboxylic acids is 1. The molecule has 1 heterocycles. The summed E-state index contributed by atoms with van der Waals surface area (Å²) in [6.07, 6.45) is 1.54. The molecule has 6 heteroatoms. The Bertz CT molecular complexity index is 593. The maximum atomic E-state index is 12.1. The summed E-state index contributed by atoms with van der Waals surface area (Å²) in [6.45, 7) is 2.04. The normalized spacial score (nSPS) is 17.1. The lowest BCUT2D eigenvalue weighted by Crippen LogP contribution is -2.33. The molecule has 0 aliphatic carbocycles. The second-order valence-corrected chi connectivity index (χ2v) is 6.04. The van der Waals surface area contributed by atoms with Crippen LogP contribution in [-0.4, -0.2) is 27.6 Å². The number of aryl methyl sites for hydroxylation is 1. The molecule has 20 heavy (non-hydrogen) atoms. The molecule has 1 fully saturated rings. The molecule has 0 bridgehead atoms. The van der Waals surface area contributed by atoms with Crippen LogP contribution in [0.4, 0.5) is 0 Å². The lowest BCUT2D eigenvalue weighted by molar-refractivity contribution is -0.305. The molecule has 104 valence electrons. The first-order valence-electron chi connectivity index (χ1n) is 5.99. The number of benzene rings is 1. The number of thioether (sulfide) groups is 1. The summed E-state index contributed by atoms with van der Waals surface area (Å²) in [5.41, 5.74) is 2.06. The van der Waals surface area contributed by atoms with Crippen molar-refractivity contribution >= 4 is 46.3 Å². The van der Waals surface area contributed by atoms with E-state index in [0.717, 1.165) is 11.1 Å². The predicted octanol–water partition coefficient (Wildman–Crippen LogP) is 1.34. The van der Waals surface area contributed by atoms with Crippen molar-refractivity contribution in [2.45, 2.75) is 13.3 Å². The third-order valence-corrected chi connectivity index (χ3v) is 4.17. The van der Waals surface area contributed by atoms with Gasteiger partial charge in [-0.05, 0) is 18.6 Å². The Morgan fingerprint density at radius 2 is 2.05 bits per heavy atom. The fraction of sp³-hybridized carbons (Fsp3) is 0.214. The molecule has 0 N–H and O–H groups in total. The first-order chi connectivity index (χ1) is 9.47. The van der Waals surface area contributed by atoms with Crippen molar-refractivity contribution < 1.29 is 14.7 Å². The third-order valence-electron chi connectivity index (χ3n) is 2.79. The van der Waals surface area contributed by atoms with E-state index in [1.165, 1.54) is 16.7 Å². The van der Waals surface area contributed by atoms with Gasteiger partial charge >= 0.3 is 0 Å². The first-order valence-corrected chi connectivity index (χ1v) is 7.22. The van der Waals surface area contributed by atoms with Gasteiger partial charge in [-0.3, -0.25) is 9.69 Å². The van der Waals surface area contributed by atoms with Gasteiger partial charge in [0.25, 0.3) is 5.91 Å². The molecule has 1 aromatic rings. The molecule has 1 aliphatic rings. The average Bonchev–Trinajstić information content (AvgIpc) is 2.65. The van der Waals surface area contributed by atoms with Crippen molar-refractivity contribution in [1.82, 2.24) is 4.90 Å². The van der Waals surface area contributed by atoms with Crippen molar-refractivity contribution in [2.24, 2.45) is 0 Å². The van der Waals surface area contributed by atoms with Crippen LogP contribution in [0.25, 0.3) is 6.08 Å². The van der Waals surface area contributed by atoms with Gasteiger partial charge in [-0.25, -0.2) is 0 Å². The van der Waals surface area contributed by atoms with Gasteiger partial charge in [0, 0.05) is 18.9 Å². The molecule has 0 atom stereocenters. The number of carboxylic acids is 1. The first kappa shape index (κ1) is 14.7. The van der Waals surface area contributed by atoms with E-state index in [2.05, 4.69) is 0 Å². The highest BCUT2D eigenvalue weighted by Crippen LogP contribution is 2.32. The SMILES string of the molecule is Cc1ccc(/C=C2/SC(=S)N(CCC(=O)[O-])C2=O)cc1. The van der Waals surface area contributed by atoms with Gasteiger partial charge in [-0.15, -0.1) is 0 Å². The van der Waals surface area contributed by atoms with E-state index in [-0.39, 0.29) is 18.9 Å². The van der Waals surface area contributed by atoms with Crippen LogP contribution < -0.4 is 5.11 Å². The van der Waals surface area contributed by atoms with Crippen LogP contribution in [-0.2, 0) is 9.59 Å². The van der Waals surface area contributed by atoms with Gasteiger partial charge in [0.1, 0.15) is 4.32 Å². The predicted molar refractivity (Wildman–Crippen MR) is 80.7 cm³/mol. The number of nitrogens with zero attached hydrogens (tertiary/aromatic N) is 1. The van der Waals surface area contributed by atoms with E-state index < -0.39 is 5.97 Å². The van der Waals surface area contributed by atoms with Crippen LogP contribution in [0.15, 0.2) is 29.2 Å². The summed E-state index contributed by atoms with van der Waals surface area (Å²) < 4.78 is 0.384. The maximum Gasteiger partial charge on any atom is 0.266 e. The zero-order valence-corrected chi connectivity index (χ0v) is 12.4. The van der Waals surface area contributed by atoms with Crippen molar-refractivity contribution in [1.29, 1.82) is 0 Å². The van der Waals surface area contributed by atoms with Crippen LogP contribution in [0, 0.1) is 6.92 Å². The Kier molecular flexibility index (Phi) is 4.57. The number of carboxylic acid groups (broad SMARTS) is 1. The van der Waals surface area contributed by atoms with Crippen LogP contribution in [0.1, 0.15) is 17.5 Å². The Morgan fingerprint density at radius 3 is 2.65 bits per heavy atom. The van der Waals surface area contributed by atoms with Crippen molar-refractivity contribution in [3.8, 4) is 0 Å². The number of carbonyl (C=O) groups excluding carboxylic acids is 2. The Balaban J connectivity index is 2.14. The number of thiocarbonyl (C=S) groups is 1.